The average Bonchev–Trinajstić information content (AvgIpc) is 2.74. The van der Waals surface area contributed by atoms with Gasteiger partial charge in [0.1, 0.15) is 0 Å². The number of anilines is 2. The quantitative estimate of drug-likeness (QED) is 0.842. The molecule has 0 unspecified atom stereocenters. The Hall–Kier alpha value is -3.02. The van der Waals surface area contributed by atoms with E-state index in [1.54, 1.807) is 24.3 Å². The van der Waals surface area contributed by atoms with E-state index in [4.69, 9.17) is 0 Å². The zero-order valence-electron chi connectivity index (χ0n) is 15.8. The number of nitrogens with zero attached hydrogens (tertiary/aromatic N) is 2. The molecule has 0 radical (unpaired) electrons. The van der Waals surface area contributed by atoms with Gasteiger partial charge in [0.25, 0.3) is 0 Å². The van der Waals surface area contributed by atoms with Crippen LogP contribution in [0.1, 0.15) is 22.8 Å². The zero-order valence-corrected chi connectivity index (χ0v) is 15.8. The first-order chi connectivity index (χ1) is 13.1. The highest BCUT2D eigenvalue weighted by atomic mass is 16.5. The van der Waals surface area contributed by atoms with Crippen LogP contribution in [0.3, 0.4) is 0 Å². The minimum Gasteiger partial charge on any atom is -0.465 e. The predicted octanol–water partition coefficient (Wildman–Crippen LogP) is 3.39. The third-order valence-electron chi connectivity index (χ3n) is 4.83. The van der Waals surface area contributed by atoms with Gasteiger partial charge in [0.05, 0.1) is 12.7 Å². The van der Waals surface area contributed by atoms with Crippen molar-refractivity contribution < 1.29 is 14.3 Å². The van der Waals surface area contributed by atoms with Crippen molar-refractivity contribution in [3.05, 3.63) is 59.7 Å². The molecular formula is C21H25N3O3. The minimum atomic E-state index is -0.393. The number of amides is 2. The van der Waals surface area contributed by atoms with Crippen molar-refractivity contribution >= 4 is 23.4 Å². The van der Waals surface area contributed by atoms with Crippen molar-refractivity contribution in [1.29, 1.82) is 0 Å². The molecule has 0 aromatic heterocycles. The summed E-state index contributed by atoms with van der Waals surface area (Å²) >= 11 is 0. The van der Waals surface area contributed by atoms with Crippen molar-refractivity contribution in [2.75, 3.05) is 43.5 Å². The van der Waals surface area contributed by atoms with E-state index in [-0.39, 0.29) is 6.03 Å². The van der Waals surface area contributed by atoms with Gasteiger partial charge >= 0.3 is 12.0 Å². The monoisotopic (exact) mass is 367 g/mol. The third kappa shape index (κ3) is 4.58. The number of carbonyl (C=O) groups is 2. The number of benzene rings is 2. The molecule has 2 amide bonds. The van der Waals surface area contributed by atoms with Crippen molar-refractivity contribution in [1.82, 2.24) is 4.90 Å². The molecule has 0 bridgehead atoms. The Bertz CT molecular complexity index is 779. The van der Waals surface area contributed by atoms with E-state index in [1.165, 1.54) is 18.4 Å². The highest BCUT2D eigenvalue weighted by Gasteiger charge is 2.21. The number of hydrogen-bond acceptors (Lipinski definition) is 4. The van der Waals surface area contributed by atoms with Gasteiger partial charge in [-0.2, -0.15) is 0 Å². The van der Waals surface area contributed by atoms with Gasteiger partial charge in [0, 0.05) is 37.6 Å². The second kappa shape index (κ2) is 8.58. The molecule has 3 rings (SSSR count). The molecule has 0 aliphatic carbocycles. The number of carbonyl (C=O) groups excluding carboxylic acids is 2. The number of ether oxygens (including phenoxy) is 1. The molecule has 6 heteroatoms. The average molecular weight is 367 g/mol. The molecule has 0 spiro atoms. The molecule has 1 fully saturated rings. The number of piperazine rings is 1. The molecular weight excluding hydrogens is 342 g/mol. The lowest BCUT2D eigenvalue weighted by Crippen LogP contribution is -2.50. The second-order valence-corrected chi connectivity index (χ2v) is 6.49. The van der Waals surface area contributed by atoms with Crippen LogP contribution < -0.4 is 10.2 Å². The van der Waals surface area contributed by atoms with Crippen molar-refractivity contribution in [2.45, 2.75) is 13.3 Å². The summed E-state index contributed by atoms with van der Waals surface area (Å²) in [7, 11) is 1.34. The maximum atomic E-state index is 12.5. The van der Waals surface area contributed by atoms with Crippen LogP contribution in [0.4, 0.5) is 16.2 Å². The predicted molar refractivity (Wildman–Crippen MR) is 106 cm³/mol. The summed E-state index contributed by atoms with van der Waals surface area (Å²) in [5, 5.41) is 2.88. The lowest BCUT2D eigenvalue weighted by atomic mass is 10.1. The summed E-state index contributed by atoms with van der Waals surface area (Å²) in [4.78, 5) is 28.0. The number of nitrogens with one attached hydrogen (secondary N) is 1. The van der Waals surface area contributed by atoms with Crippen molar-refractivity contribution in [3.63, 3.8) is 0 Å². The minimum absolute atomic E-state index is 0.123. The lowest BCUT2D eigenvalue weighted by Gasteiger charge is -2.36. The lowest BCUT2D eigenvalue weighted by molar-refractivity contribution is 0.0600. The fourth-order valence-corrected chi connectivity index (χ4v) is 3.12. The van der Waals surface area contributed by atoms with Gasteiger partial charge in [0.15, 0.2) is 0 Å². The highest BCUT2D eigenvalue weighted by molar-refractivity contribution is 5.92. The van der Waals surface area contributed by atoms with Crippen LogP contribution in [0.15, 0.2) is 48.5 Å². The Kier molecular flexibility index (Phi) is 5.96. The Balaban J connectivity index is 1.52. The van der Waals surface area contributed by atoms with Gasteiger partial charge < -0.3 is 19.9 Å². The van der Waals surface area contributed by atoms with Crippen LogP contribution in [-0.4, -0.2) is 50.2 Å². The van der Waals surface area contributed by atoms with Gasteiger partial charge in [0.2, 0.25) is 0 Å². The fourth-order valence-electron chi connectivity index (χ4n) is 3.12. The van der Waals surface area contributed by atoms with Gasteiger partial charge in [-0.05, 0) is 48.4 Å². The molecule has 0 atom stereocenters. The van der Waals surface area contributed by atoms with E-state index in [0.29, 0.717) is 24.3 Å². The Morgan fingerprint density at radius 2 is 1.59 bits per heavy atom. The highest BCUT2D eigenvalue weighted by Crippen LogP contribution is 2.18. The summed E-state index contributed by atoms with van der Waals surface area (Å²) in [6, 6.07) is 15.2. The number of urea groups is 1. The second-order valence-electron chi connectivity index (χ2n) is 6.49. The summed E-state index contributed by atoms with van der Waals surface area (Å²) < 4.78 is 4.67. The standard InChI is InChI=1S/C21H25N3O3/c1-3-16-4-10-19(11-5-16)23-12-14-24(15-13-23)21(26)22-18-8-6-17(7-9-18)20(25)27-2/h4-11H,3,12-15H2,1-2H3,(H,22,26). The fraction of sp³-hybridized carbons (Fsp3) is 0.333. The topological polar surface area (TPSA) is 61.9 Å². The van der Waals surface area contributed by atoms with Crippen LogP contribution >= 0.6 is 0 Å². The number of aryl methyl sites for hydroxylation is 1. The third-order valence-corrected chi connectivity index (χ3v) is 4.83. The van der Waals surface area contributed by atoms with Gasteiger partial charge in [-0.1, -0.05) is 19.1 Å². The van der Waals surface area contributed by atoms with E-state index in [2.05, 4.69) is 46.1 Å². The van der Waals surface area contributed by atoms with Gasteiger partial charge in [-0.25, -0.2) is 9.59 Å². The Morgan fingerprint density at radius 3 is 2.15 bits per heavy atom. The normalized spacial score (nSPS) is 14.0. The molecule has 0 saturated carbocycles. The largest absolute Gasteiger partial charge is 0.465 e. The van der Waals surface area contributed by atoms with Crippen LogP contribution in [-0.2, 0) is 11.2 Å². The number of esters is 1. The zero-order chi connectivity index (χ0) is 19.2. The van der Waals surface area contributed by atoms with Crippen molar-refractivity contribution in [3.8, 4) is 0 Å². The molecule has 2 aromatic carbocycles. The number of methoxy groups -OCH3 is 1. The van der Waals surface area contributed by atoms with Gasteiger partial charge in [-0.15, -0.1) is 0 Å². The van der Waals surface area contributed by atoms with E-state index in [0.717, 1.165) is 19.5 Å². The van der Waals surface area contributed by atoms with Gasteiger partial charge in [-0.3, -0.25) is 0 Å². The van der Waals surface area contributed by atoms with Crippen LogP contribution in [0.25, 0.3) is 0 Å². The van der Waals surface area contributed by atoms with Crippen LogP contribution in [0.2, 0.25) is 0 Å². The molecule has 27 heavy (non-hydrogen) atoms. The van der Waals surface area contributed by atoms with Crippen LogP contribution in [0.5, 0.6) is 0 Å². The maximum absolute atomic E-state index is 12.5. The molecule has 142 valence electrons. The molecule has 1 heterocycles. The summed E-state index contributed by atoms with van der Waals surface area (Å²) in [5.74, 6) is -0.393. The number of hydrogen-bond donors (Lipinski definition) is 1. The SMILES string of the molecule is CCc1ccc(N2CCN(C(=O)Nc3ccc(C(=O)OC)cc3)CC2)cc1. The first-order valence-electron chi connectivity index (χ1n) is 9.19. The Labute approximate surface area is 159 Å². The molecule has 1 aliphatic rings. The van der Waals surface area contributed by atoms with E-state index in [9.17, 15) is 9.59 Å². The maximum Gasteiger partial charge on any atom is 0.337 e. The first-order valence-corrected chi connectivity index (χ1v) is 9.19. The van der Waals surface area contributed by atoms with E-state index in [1.807, 2.05) is 4.90 Å². The van der Waals surface area contributed by atoms with E-state index >= 15 is 0 Å². The van der Waals surface area contributed by atoms with E-state index < -0.39 is 5.97 Å². The molecule has 1 aliphatic heterocycles. The first kappa shape index (κ1) is 18.8. The summed E-state index contributed by atoms with van der Waals surface area (Å²) in [5.41, 5.74) is 3.64. The summed E-state index contributed by atoms with van der Waals surface area (Å²) in [6.45, 7) is 5.10. The van der Waals surface area contributed by atoms with Crippen LogP contribution in [0, 0.1) is 0 Å². The number of rotatable bonds is 4. The smallest absolute Gasteiger partial charge is 0.337 e. The Morgan fingerprint density at radius 1 is 0.963 bits per heavy atom. The molecule has 2 aromatic rings. The molecule has 1 saturated heterocycles. The summed E-state index contributed by atoms with van der Waals surface area (Å²) in [6.07, 6.45) is 1.04. The molecule has 1 N–H and O–H groups in total. The molecule has 6 nitrogen and oxygen atoms in total. The van der Waals surface area contributed by atoms with Crippen molar-refractivity contribution in [2.24, 2.45) is 0 Å².